The third kappa shape index (κ3) is 4.42. The van der Waals surface area contributed by atoms with Crippen LogP contribution in [0.25, 0.3) is 0 Å². The normalized spacial score (nSPS) is 26.7. The Morgan fingerprint density at radius 2 is 2.33 bits per heavy atom. The van der Waals surface area contributed by atoms with Crippen molar-refractivity contribution in [1.29, 1.82) is 0 Å². The summed E-state index contributed by atoms with van der Waals surface area (Å²) in [5, 5.41) is 0. The Hall–Kier alpha value is -0.240. The average molecular weight is 252 g/mol. The van der Waals surface area contributed by atoms with Crippen LogP contribution in [0.3, 0.4) is 0 Å². The van der Waals surface area contributed by atoms with Gasteiger partial charge >= 0.3 is 0 Å². The van der Waals surface area contributed by atoms with Crippen molar-refractivity contribution in [2.24, 2.45) is 5.73 Å². The van der Waals surface area contributed by atoms with Crippen molar-refractivity contribution in [3.05, 3.63) is 0 Å². The van der Waals surface area contributed by atoms with Crippen LogP contribution < -0.4 is 10.5 Å². The summed E-state index contributed by atoms with van der Waals surface area (Å²) in [5.74, 6) is -0.307. The van der Waals surface area contributed by atoms with Crippen molar-refractivity contribution < 1.29 is 13.2 Å². The van der Waals surface area contributed by atoms with Crippen molar-refractivity contribution in [2.75, 3.05) is 18.9 Å². The van der Waals surface area contributed by atoms with Gasteiger partial charge in [0.05, 0.1) is 10.6 Å². The maximum atomic E-state index is 11.4. The van der Waals surface area contributed by atoms with Gasteiger partial charge in [0.15, 0.2) is 0 Å². The van der Waals surface area contributed by atoms with Crippen LogP contribution in [0.1, 0.15) is 19.8 Å². The third-order valence-electron chi connectivity index (χ3n) is 2.30. The minimum atomic E-state index is -3.40. The van der Waals surface area contributed by atoms with Gasteiger partial charge in [0.1, 0.15) is 5.75 Å². The van der Waals surface area contributed by atoms with Crippen LogP contribution in [0.2, 0.25) is 0 Å². The fourth-order valence-electron chi connectivity index (χ4n) is 1.48. The smallest absolute Gasteiger partial charge is 0.218 e. The fourth-order valence-corrected chi connectivity index (χ4v) is 2.94. The molecule has 0 saturated carbocycles. The number of nitrogens with one attached hydrogen (secondary N) is 1. The number of hydrogen-bond acceptors (Lipinski definition) is 4. The molecule has 0 aromatic heterocycles. The fraction of sp³-hybridized carbons (Fsp3) is 0.875. The maximum absolute atomic E-state index is 11.4. The lowest BCUT2D eigenvalue weighted by molar-refractivity contribution is 0.0251. The van der Waals surface area contributed by atoms with Gasteiger partial charge in [-0.3, -0.25) is 0 Å². The highest BCUT2D eigenvalue weighted by Crippen LogP contribution is 2.23. The summed E-state index contributed by atoms with van der Waals surface area (Å²) in [6, 6.07) is 0. The number of thiocarbonyl (C=S) groups is 1. The molecule has 1 atom stereocenters. The van der Waals surface area contributed by atoms with Gasteiger partial charge in [-0.05, 0) is 19.8 Å². The molecule has 1 rings (SSSR count). The molecule has 7 heteroatoms. The van der Waals surface area contributed by atoms with Crippen molar-refractivity contribution in [3.8, 4) is 0 Å². The van der Waals surface area contributed by atoms with E-state index in [4.69, 9.17) is 10.5 Å². The van der Waals surface area contributed by atoms with Gasteiger partial charge in [-0.25, -0.2) is 13.1 Å². The van der Waals surface area contributed by atoms with Crippen LogP contribution in [0.15, 0.2) is 0 Å². The number of sulfonamides is 1. The molecule has 1 unspecified atom stereocenters. The molecule has 0 aromatic carbocycles. The van der Waals surface area contributed by atoms with Gasteiger partial charge in [-0.15, -0.1) is 0 Å². The molecule has 0 bridgehead atoms. The number of hydrogen-bond donors (Lipinski definition) is 2. The highest BCUT2D eigenvalue weighted by atomic mass is 32.2. The first kappa shape index (κ1) is 12.8. The molecule has 0 spiro atoms. The lowest BCUT2D eigenvalue weighted by atomic mass is 10.0. The first-order valence-corrected chi connectivity index (χ1v) is 6.79. The topological polar surface area (TPSA) is 81.4 Å². The number of nitrogens with two attached hydrogens (primary N) is 1. The van der Waals surface area contributed by atoms with Gasteiger partial charge < -0.3 is 10.5 Å². The lowest BCUT2D eigenvalue weighted by Crippen LogP contribution is -2.42. The van der Waals surface area contributed by atoms with E-state index < -0.39 is 10.0 Å². The quantitative estimate of drug-likeness (QED) is 0.660. The second kappa shape index (κ2) is 4.73. The van der Waals surface area contributed by atoms with E-state index in [0.29, 0.717) is 6.61 Å². The molecule has 0 aromatic rings. The molecule has 1 aliphatic rings. The highest BCUT2D eigenvalue weighted by Gasteiger charge is 2.31. The largest absolute Gasteiger partial charge is 0.392 e. The molecule has 0 radical (unpaired) electrons. The van der Waals surface area contributed by atoms with E-state index in [1.165, 1.54) is 0 Å². The summed E-state index contributed by atoms with van der Waals surface area (Å²) in [7, 11) is -3.40. The van der Waals surface area contributed by atoms with Crippen LogP contribution in [0.5, 0.6) is 0 Å². The second-order valence-corrected chi connectivity index (χ2v) is 6.28. The second-order valence-electron chi connectivity index (χ2n) is 3.95. The Balaban J connectivity index is 2.45. The maximum Gasteiger partial charge on any atom is 0.218 e. The molecule has 5 nitrogen and oxygen atoms in total. The van der Waals surface area contributed by atoms with Crippen LogP contribution in [0.4, 0.5) is 0 Å². The molecule has 1 saturated heterocycles. The first-order valence-electron chi connectivity index (χ1n) is 4.73. The monoisotopic (exact) mass is 252 g/mol. The highest BCUT2D eigenvalue weighted by molar-refractivity contribution is 7.92. The van der Waals surface area contributed by atoms with Crippen LogP contribution in [0, 0.1) is 0 Å². The first-order chi connectivity index (χ1) is 6.83. The Kier molecular flexibility index (Phi) is 4.05. The van der Waals surface area contributed by atoms with Crippen molar-refractivity contribution in [3.63, 3.8) is 0 Å². The molecule has 1 aliphatic heterocycles. The summed E-state index contributed by atoms with van der Waals surface area (Å²) in [5.41, 5.74) is 4.79. The molecule has 3 N–H and O–H groups in total. The molecule has 1 heterocycles. The lowest BCUT2D eigenvalue weighted by Gasteiger charge is -2.23. The molecule has 0 aliphatic carbocycles. The van der Waals surface area contributed by atoms with E-state index >= 15 is 0 Å². The minimum Gasteiger partial charge on any atom is -0.392 e. The summed E-state index contributed by atoms with van der Waals surface area (Å²) in [6.07, 6.45) is 1.83. The van der Waals surface area contributed by atoms with Gasteiger partial charge in [0.25, 0.3) is 0 Å². The van der Waals surface area contributed by atoms with E-state index in [0.717, 1.165) is 12.8 Å². The predicted octanol–water partition coefficient (Wildman–Crippen LogP) is -0.239. The molecular weight excluding hydrogens is 236 g/mol. The summed E-state index contributed by atoms with van der Waals surface area (Å²) < 4.78 is 30.7. The predicted molar refractivity (Wildman–Crippen MR) is 62.2 cm³/mol. The van der Waals surface area contributed by atoms with Crippen molar-refractivity contribution >= 4 is 27.2 Å². The summed E-state index contributed by atoms with van der Waals surface area (Å²) >= 11 is 4.55. The molecule has 0 amide bonds. The molecule has 1 fully saturated rings. The van der Waals surface area contributed by atoms with E-state index in [9.17, 15) is 8.42 Å². The molecule has 88 valence electrons. The Morgan fingerprint density at radius 3 is 2.80 bits per heavy atom. The van der Waals surface area contributed by atoms with E-state index in [-0.39, 0.29) is 22.9 Å². The Morgan fingerprint density at radius 1 is 1.67 bits per heavy atom. The number of ether oxygens (including phenoxy) is 1. The Labute approximate surface area is 95.4 Å². The van der Waals surface area contributed by atoms with Crippen LogP contribution in [-0.4, -0.2) is 37.9 Å². The Bertz CT molecular complexity index is 334. The van der Waals surface area contributed by atoms with Gasteiger partial charge in [0, 0.05) is 13.2 Å². The SMILES string of the molecule is CC1(CNS(=O)(=O)CC(N)=S)CCCO1. The standard InChI is InChI=1S/C8H16N2O3S2/c1-8(3-2-4-13-8)6-10-15(11,12)5-7(9)14/h10H,2-6H2,1H3,(H2,9,14). The van der Waals surface area contributed by atoms with Crippen molar-refractivity contribution in [2.45, 2.75) is 25.4 Å². The van der Waals surface area contributed by atoms with Gasteiger partial charge in [0.2, 0.25) is 10.0 Å². The third-order valence-corrected chi connectivity index (χ3v) is 3.90. The number of rotatable bonds is 5. The zero-order valence-corrected chi connectivity index (χ0v) is 10.3. The molecule has 15 heavy (non-hydrogen) atoms. The molecular formula is C8H16N2O3S2. The van der Waals surface area contributed by atoms with Crippen molar-refractivity contribution in [1.82, 2.24) is 4.72 Å². The van der Waals surface area contributed by atoms with Crippen LogP contribution in [-0.2, 0) is 14.8 Å². The minimum absolute atomic E-state index is 0.0278. The average Bonchev–Trinajstić information content (AvgIpc) is 2.48. The van der Waals surface area contributed by atoms with E-state index in [2.05, 4.69) is 16.9 Å². The van der Waals surface area contributed by atoms with E-state index in [1.807, 2.05) is 6.92 Å². The summed E-state index contributed by atoms with van der Waals surface area (Å²) in [6.45, 7) is 2.86. The van der Waals surface area contributed by atoms with Gasteiger partial charge in [-0.1, -0.05) is 12.2 Å². The van der Waals surface area contributed by atoms with Gasteiger partial charge in [-0.2, -0.15) is 0 Å². The zero-order chi connectivity index (χ0) is 11.5. The zero-order valence-electron chi connectivity index (χ0n) is 8.65. The van der Waals surface area contributed by atoms with Crippen LogP contribution >= 0.6 is 12.2 Å². The summed E-state index contributed by atoms with van der Waals surface area (Å²) in [4.78, 5) is -0.0278. The van der Waals surface area contributed by atoms with E-state index in [1.54, 1.807) is 0 Å².